The van der Waals surface area contributed by atoms with Gasteiger partial charge in [0, 0.05) is 23.3 Å². The number of aliphatic hydroxyl groups is 1. The SMILES string of the molecule is CC(C)[C@H]1CC[C@@H](C)C[C@H]1O[P@](=O)(c1ccccc1)[C@@H](O)c1cccnc1. The first kappa shape index (κ1) is 20.3. The van der Waals surface area contributed by atoms with Crippen LogP contribution in [-0.4, -0.2) is 16.2 Å². The zero-order chi connectivity index (χ0) is 19.4. The maximum Gasteiger partial charge on any atom is 0.264 e. The number of benzene rings is 1. The summed E-state index contributed by atoms with van der Waals surface area (Å²) in [6, 6.07) is 12.6. The van der Waals surface area contributed by atoms with E-state index in [-0.39, 0.29) is 6.10 Å². The van der Waals surface area contributed by atoms with Crippen molar-refractivity contribution in [2.45, 2.75) is 52.0 Å². The topological polar surface area (TPSA) is 59.4 Å². The molecule has 2 aromatic rings. The summed E-state index contributed by atoms with van der Waals surface area (Å²) in [6.45, 7) is 6.61. The van der Waals surface area contributed by atoms with Crippen molar-refractivity contribution in [1.29, 1.82) is 0 Å². The molecule has 5 heteroatoms. The number of rotatable bonds is 6. The second-order valence-electron chi connectivity index (χ2n) is 8.06. The molecule has 1 aromatic carbocycles. The zero-order valence-electron chi connectivity index (χ0n) is 16.4. The standard InChI is InChI=1S/C22H30NO3P/c1-16(2)20-12-11-17(3)14-21(20)26-27(25,19-9-5-4-6-10-19)22(24)18-8-7-13-23-15-18/h4-10,13,15-17,20-22,24H,11-12,14H2,1-3H3/t17-,20-,21-,22-,27-/m1/s1. The van der Waals surface area contributed by atoms with E-state index in [2.05, 4.69) is 25.8 Å². The summed E-state index contributed by atoms with van der Waals surface area (Å²) in [5.41, 5.74) is 0.523. The lowest BCUT2D eigenvalue weighted by atomic mass is 9.75. The van der Waals surface area contributed by atoms with Crippen LogP contribution < -0.4 is 5.30 Å². The van der Waals surface area contributed by atoms with Crippen LogP contribution in [0.2, 0.25) is 0 Å². The van der Waals surface area contributed by atoms with Crippen LogP contribution in [0.4, 0.5) is 0 Å². The highest BCUT2D eigenvalue weighted by atomic mass is 31.2. The lowest BCUT2D eigenvalue weighted by Gasteiger charge is -2.39. The molecule has 27 heavy (non-hydrogen) atoms. The molecule has 0 saturated heterocycles. The molecular weight excluding hydrogens is 357 g/mol. The van der Waals surface area contributed by atoms with Crippen LogP contribution in [0.5, 0.6) is 0 Å². The van der Waals surface area contributed by atoms with Gasteiger partial charge in [-0.05, 0) is 48.8 Å². The van der Waals surface area contributed by atoms with E-state index in [1.54, 1.807) is 36.7 Å². The predicted molar refractivity (Wildman–Crippen MR) is 109 cm³/mol. The van der Waals surface area contributed by atoms with E-state index in [0.29, 0.717) is 28.6 Å². The van der Waals surface area contributed by atoms with Crippen LogP contribution in [0.3, 0.4) is 0 Å². The first-order chi connectivity index (χ1) is 12.9. The highest BCUT2D eigenvalue weighted by Gasteiger charge is 2.42. The molecule has 1 aromatic heterocycles. The number of aliphatic hydroxyl groups excluding tert-OH is 1. The fourth-order valence-electron chi connectivity index (χ4n) is 4.06. The Hall–Kier alpha value is -1.48. The Morgan fingerprint density at radius 2 is 1.89 bits per heavy atom. The van der Waals surface area contributed by atoms with E-state index in [4.69, 9.17) is 4.52 Å². The van der Waals surface area contributed by atoms with Gasteiger partial charge in [0.05, 0.1) is 6.10 Å². The summed E-state index contributed by atoms with van der Waals surface area (Å²) in [7, 11) is -3.54. The summed E-state index contributed by atoms with van der Waals surface area (Å²) >= 11 is 0. The molecule has 4 nitrogen and oxygen atoms in total. The largest absolute Gasteiger partial charge is 0.378 e. The van der Waals surface area contributed by atoms with Crippen molar-refractivity contribution >= 4 is 12.7 Å². The molecule has 5 atom stereocenters. The van der Waals surface area contributed by atoms with Crippen LogP contribution in [0.1, 0.15) is 51.4 Å². The van der Waals surface area contributed by atoms with Gasteiger partial charge in [-0.2, -0.15) is 0 Å². The molecule has 0 bridgehead atoms. The molecule has 1 saturated carbocycles. The minimum Gasteiger partial charge on any atom is -0.378 e. The molecule has 1 aliphatic rings. The smallest absolute Gasteiger partial charge is 0.264 e. The predicted octanol–water partition coefficient (Wildman–Crippen LogP) is 5.15. The van der Waals surface area contributed by atoms with E-state index in [9.17, 15) is 9.67 Å². The molecule has 0 amide bonds. The Labute approximate surface area is 162 Å². The van der Waals surface area contributed by atoms with Crippen molar-refractivity contribution < 1.29 is 14.2 Å². The molecule has 1 N–H and O–H groups in total. The highest BCUT2D eigenvalue weighted by molar-refractivity contribution is 7.67. The van der Waals surface area contributed by atoms with E-state index < -0.39 is 13.2 Å². The van der Waals surface area contributed by atoms with Crippen LogP contribution in [0.25, 0.3) is 0 Å². The van der Waals surface area contributed by atoms with Crippen LogP contribution >= 0.6 is 7.37 Å². The zero-order valence-corrected chi connectivity index (χ0v) is 17.3. The van der Waals surface area contributed by atoms with Crippen molar-refractivity contribution in [1.82, 2.24) is 4.98 Å². The van der Waals surface area contributed by atoms with Crippen molar-refractivity contribution in [3.8, 4) is 0 Å². The van der Waals surface area contributed by atoms with E-state index >= 15 is 0 Å². The lowest BCUT2D eigenvalue weighted by Crippen LogP contribution is -2.35. The molecule has 1 fully saturated rings. The van der Waals surface area contributed by atoms with Crippen molar-refractivity contribution in [2.24, 2.45) is 17.8 Å². The lowest BCUT2D eigenvalue weighted by molar-refractivity contribution is 0.0427. The number of pyridine rings is 1. The maximum atomic E-state index is 14.2. The molecule has 3 rings (SSSR count). The van der Waals surface area contributed by atoms with Gasteiger partial charge in [-0.1, -0.05) is 51.5 Å². The molecule has 1 heterocycles. The summed E-state index contributed by atoms with van der Waals surface area (Å²) in [5, 5.41) is 11.6. The van der Waals surface area contributed by atoms with Crippen molar-refractivity contribution in [2.75, 3.05) is 0 Å². The van der Waals surface area contributed by atoms with Gasteiger partial charge < -0.3 is 9.63 Å². The van der Waals surface area contributed by atoms with Gasteiger partial charge in [0.2, 0.25) is 0 Å². The summed E-state index contributed by atoms with van der Waals surface area (Å²) in [6.07, 6.45) is 6.20. The number of aromatic nitrogens is 1. The van der Waals surface area contributed by atoms with Crippen LogP contribution in [-0.2, 0) is 9.09 Å². The molecule has 0 spiro atoms. The van der Waals surface area contributed by atoms with Gasteiger partial charge in [-0.25, -0.2) is 0 Å². The average Bonchev–Trinajstić information content (AvgIpc) is 2.68. The molecule has 0 unspecified atom stereocenters. The Kier molecular flexibility index (Phi) is 6.52. The fraction of sp³-hybridized carbons (Fsp3) is 0.500. The number of nitrogens with zero attached hydrogens (tertiary/aromatic N) is 1. The van der Waals surface area contributed by atoms with E-state index in [1.165, 1.54) is 6.42 Å². The Bertz CT molecular complexity index is 766. The minimum atomic E-state index is -3.54. The van der Waals surface area contributed by atoms with Gasteiger partial charge in [-0.3, -0.25) is 9.55 Å². The molecule has 0 radical (unpaired) electrons. The Balaban J connectivity index is 1.98. The first-order valence-electron chi connectivity index (χ1n) is 9.83. The third-order valence-electron chi connectivity index (χ3n) is 5.67. The second-order valence-corrected chi connectivity index (χ2v) is 10.5. The van der Waals surface area contributed by atoms with E-state index in [0.717, 1.165) is 12.8 Å². The monoisotopic (exact) mass is 387 g/mol. The third kappa shape index (κ3) is 4.51. The second kappa shape index (κ2) is 8.68. The number of hydrogen-bond acceptors (Lipinski definition) is 4. The van der Waals surface area contributed by atoms with Crippen molar-refractivity contribution in [3.63, 3.8) is 0 Å². The fourth-order valence-corrected chi connectivity index (χ4v) is 6.35. The van der Waals surface area contributed by atoms with Crippen LogP contribution in [0, 0.1) is 17.8 Å². The van der Waals surface area contributed by atoms with Gasteiger partial charge in [0.15, 0.2) is 5.85 Å². The first-order valence-corrected chi connectivity index (χ1v) is 11.5. The Morgan fingerprint density at radius 3 is 2.52 bits per heavy atom. The summed E-state index contributed by atoms with van der Waals surface area (Å²) < 4.78 is 20.6. The summed E-state index contributed by atoms with van der Waals surface area (Å²) in [5.74, 6) is 0.102. The van der Waals surface area contributed by atoms with Gasteiger partial charge in [0.25, 0.3) is 7.37 Å². The Morgan fingerprint density at radius 1 is 1.15 bits per heavy atom. The highest BCUT2D eigenvalue weighted by Crippen LogP contribution is 2.60. The van der Waals surface area contributed by atoms with Gasteiger partial charge in [-0.15, -0.1) is 0 Å². The van der Waals surface area contributed by atoms with Crippen LogP contribution in [0.15, 0.2) is 54.9 Å². The maximum absolute atomic E-state index is 14.2. The van der Waals surface area contributed by atoms with Gasteiger partial charge in [0.1, 0.15) is 0 Å². The molecule has 1 aliphatic carbocycles. The minimum absolute atomic E-state index is 0.119. The summed E-state index contributed by atoms with van der Waals surface area (Å²) in [4.78, 5) is 4.08. The molecule has 146 valence electrons. The quantitative estimate of drug-likeness (QED) is 0.696. The number of hydrogen-bond donors (Lipinski definition) is 1. The average molecular weight is 387 g/mol. The van der Waals surface area contributed by atoms with E-state index in [1.807, 2.05) is 18.2 Å². The molecular formula is C22H30NO3P. The van der Waals surface area contributed by atoms with Crippen molar-refractivity contribution in [3.05, 3.63) is 60.4 Å². The normalized spacial score (nSPS) is 26.5. The molecule has 0 aliphatic heterocycles. The third-order valence-corrected chi connectivity index (χ3v) is 8.22. The van der Waals surface area contributed by atoms with Gasteiger partial charge >= 0.3 is 0 Å².